The van der Waals surface area contributed by atoms with E-state index in [9.17, 15) is 14.3 Å². The summed E-state index contributed by atoms with van der Waals surface area (Å²) in [6, 6.07) is 0. The Kier molecular flexibility index (Phi) is 3.26. The molecule has 0 aromatic heterocycles. The van der Waals surface area contributed by atoms with Gasteiger partial charge in [-0.15, -0.1) is 0 Å². The summed E-state index contributed by atoms with van der Waals surface area (Å²) in [5.41, 5.74) is 1.40. The number of aldehydes is 1. The summed E-state index contributed by atoms with van der Waals surface area (Å²) in [7, 11) is 0. The minimum absolute atomic E-state index is 0.0213. The van der Waals surface area contributed by atoms with Gasteiger partial charge in [0.25, 0.3) is 0 Å². The maximum atomic E-state index is 13.4. The van der Waals surface area contributed by atoms with Gasteiger partial charge in [0.05, 0.1) is 0 Å². The number of rotatable bonds is 2. The van der Waals surface area contributed by atoms with Crippen LogP contribution in [0.4, 0.5) is 4.39 Å². The first-order valence-electron chi connectivity index (χ1n) is 4.10. The normalized spacial score (nSPS) is 10.3. The Bertz CT molecular complexity index is 359. The number of hydrogen-bond donors (Lipinski definition) is 1. The standard InChI is InChI=1S/C10H10BrFO2/c1-5-7(3-4-13)10(14)9(12)6(2)8(5)11/h4,14H,3H2,1-2H3. The van der Waals surface area contributed by atoms with Crippen LogP contribution in [0.25, 0.3) is 0 Å². The Morgan fingerprint density at radius 1 is 1.43 bits per heavy atom. The predicted octanol–water partition coefficient (Wildman–Crippen LogP) is 2.65. The van der Waals surface area contributed by atoms with Gasteiger partial charge in [0, 0.05) is 22.0 Å². The van der Waals surface area contributed by atoms with Crippen LogP contribution in [-0.4, -0.2) is 11.4 Å². The molecule has 0 aliphatic heterocycles. The first-order chi connectivity index (χ1) is 6.50. The van der Waals surface area contributed by atoms with Crippen LogP contribution in [0, 0.1) is 19.7 Å². The second-order valence-electron chi connectivity index (χ2n) is 3.08. The van der Waals surface area contributed by atoms with Gasteiger partial charge in [-0.25, -0.2) is 4.39 Å². The average Bonchev–Trinajstić information content (AvgIpc) is 2.19. The van der Waals surface area contributed by atoms with Gasteiger partial charge in [-0.1, -0.05) is 15.9 Å². The molecule has 0 atom stereocenters. The molecule has 76 valence electrons. The smallest absolute Gasteiger partial charge is 0.169 e. The van der Waals surface area contributed by atoms with Gasteiger partial charge in [0.15, 0.2) is 11.6 Å². The van der Waals surface area contributed by atoms with Crippen LogP contribution in [0.2, 0.25) is 0 Å². The Morgan fingerprint density at radius 2 is 2.00 bits per heavy atom. The molecule has 0 spiro atoms. The van der Waals surface area contributed by atoms with Crippen LogP contribution in [-0.2, 0) is 11.2 Å². The summed E-state index contributed by atoms with van der Waals surface area (Å²) >= 11 is 3.22. The van der Waals surface area contributed by atoms with Crippen molar-refractivity contribution >= 4 is 22.2 Å². The van der Waals surface area contributed by atoms with Gasteiger partial charge >= 0.3 is 0 Å². The van der Waals surface area contributed by atoms with Crippen molar-refractivity contribution in [3.8, 4) is 5.75 Å². The molecule has 0 bridgehead atoms. The van der Waals surface area contributed by atoms with Gasteiger partial charge in [-0.3, -0.25) is 0 Å². The molecule has 0 saturated carbocycles. The zero-order chi connectivity index (χ0) is 10.9. The maximum Gasteiger partial charge on any atom is 0.169 e. The van der Waals surface area contributed by atoms with Gasteiger partial charge < -0.3 is 9.90 Å². The lowest BCUT2D eigenvalue weighted by Crippen LogP contribution is -1.98. The van der Waals surface area contributed by atoms with E-state index < -0.39 is 11.6 Å². The third-order valence-corrected chi connectivity index (χ3v) is 3.41. The summed E-state index contributed by atoms with van der Waals surface area (Å²) in [6.07, 6.45) is 0.663. The summed E-state index contributed by atoms with van der Waals surface area (Å²) in [5, 5.41) is 9.46. The molecule has 0 amide bonds. The minimum Gasteiger partial charge on any atom is -0.505 e. The van der Waals surface area contributed by atoms with E-state index in [1.165, 1.54) is 0 Å². The topological polar surface area (TPSA) is 37.3 Å². The first kappa shape index (κ1) is 11.2. The fourth-order valence-corrected chi connectivity index (χ4v) is 1.74. The van der Waals surface area contributed by atoms with Crippen molar-refractivity contribution in [3.63, 3.8) is 0 Å². The molecule has 0 aliphatic rings. The second kappa shape index (κ2) is 4.09. The van der Waals surface area contributed by atoms with E-state index in [-0.39, 0.29) is 6.42 Å². The monoisotopic (exact) mass is 260 g/mol. The van der Waals surface area contributed by atoms with Crippen molar-refractivity contribution in [3.05, 3.63) is 27.0 Å². The van der Waals surface area contributed by atoms with E-state index in [0.29, 0.717) is 27.4 Å². The molecule has 0 radical (unpaired) electrons. The molecule has 0 unspecified atom stereocenters. The van der Waals surface area contributed by atoms with E-state index in [1.54, 1.807) is 13.8 Å². The predicted molar refractivity (Wildman–Crippen MR) is 55.0 cm³/mol. The van der Waals surface area contributed by atoms with E-state index in [0.717, 1.165) is 0 Å². The molecule has 2 nitrogen and oxygen atoms in total. The quantitative estimate of drug-likeness (QED) is 0.831. The molecule has 1 N–H and O–H groups in total. The minimum atomic E-state index is -0.667. The number of halogens is 2. The Morgan fingerprint density at radius 3 is 2.50 bits per heavy atom. The molecule has 14 heavy (non-hydrogen) atoms. The lowest BCUT2D eigenvalue weighted by Gasteiger charge is -2.11. The molecule has 1 aromatic carbocycles. The SMILES string of the molecule is Cc1c(F)c(O)c(CC=O)c(C)c1Br. The molecule has 0 aliphatic carbocycles. The van der Waals surface area contributed by atoms with Crippen LogP contribution in [0.1, 0.15) is 16.7 Å². The van der Waals surface area contributed by atoms with E-state index >= 15 is 0 Å². The second-order valence-corrected chi connectivity index (χ2v) is 3.87. The number of carbonyl (C=O) groups excluding carboxylic acids is 1. The maximum absolute atomic E-state index is 13.4. The van der Waals surface area contributed by atoms with Crippen LogP contribution in [0.3, 0.4) is 0 Å². The Balaban J connectivity index is 3.50. The highest BCUT2D eigenvalue weighted by atomic mass is 79.9. The fraction of sp³-hybridized carbons (Fsp3) is 0.300. The Labute approximate surface area is 89.9 Å². The number of hydrogen-bond acceptors (Lipinski definition) is 2. The van der Waals surface area contributed by atoms with Crippen LogP contribution in [0.5, 0.6) is 5.75 Å². The molecule has 1 aromatic rings. The van der Waals surface area contributed by atoms with E-state index in [4.69, 9.17) is 0 Å². The Hall–Kier alpha value is -0.900. The van der Waals surface area contributed by atoms with E-state index in [1.807, 2.05) is 0 Å². The summed E-state index contributed by atoms with van der Waals surface area (Å²) < 4.78 is 14.0. The fourth-order valence-electron chi connectivity index (χ4n) is 1.33. The summed E-state index contributed by atoms with van der Waals surface area (Å²) in [6.45, 7) is 3.30. The van der Waals surface area contributed by atoms with Crippen LogP contribution < -0.4 is 0 Å². The van der Waals surface area contributed by atoms with Crippen LogP contribution >= 0.6 is 15.9 Å². The third-order valence-electron chi connectivity index (χ3n) is 2.22. The number of phenols is 1. The largest absolute Gasteiger partial charge is 0.505 e. The van der Waals surface area contributed by atoms with Crippen molar-refractivity contribution in [1.29, 1.82) is 0 Å². The van der Waals surface area contributed by atoms with Crippen LogP contribution in [0.15, 0.2) is 4.47 Å². The lowest BCUT2D eigenvalue weighted by atomic mass is 10.0. The zero-order valence-corrected chi connectivity index (χ0v) is 9.48. The molecular formula is C10H10BrFO2. The van der Waals surface area contributed by atoms with Crippen molar-refractivity contribution < 1.29 is 14.3 Å². The van der Waals surface area contributed by atoms with Crippen molar-refractivity contribution in [1.82, 2.24) is 0 Å². The van der Waals surface area contributed by atoms with Gasteiger partial charge in [-0.2, -0.15) is 0 Å². The highest BCUT2D eigenvalue weighted by molar-refractivity contribution is 9.10. The van der Waals surface area contributed by atoms with Gasteiger partial charge in [0.1, 0.15) is 6.29 Å². The highest BCUT2D eigenvalue weighted by Crippen LogP contribution is 2.34. The lowest BCUT2D eigenvalue weighted by molar-refractivity contribution is -0.107. The molecule has 0 fully saturated rings. The van der Waals surface area contributed by atoms with Gasteiger partial charge in [0.2, 0.25) is 0 Å². The molecular weight excluding hydrogens is 251 g/mol. The third kappa shape index (κ3) is 1.66. The average molecular weight is 261 g/mol. The zero-order valence-electron chi connectivity index (χ0n) is 7.90. The summed E-state index contributed by atoms with van der Waals surface area (Å²) in [5.74, 6) is -1.09. The number of aromatic hydroxyl groups is 1. The number of phenolic OH excluding ortho intramolecular Hbond substituents is 1. The van der Waals surface area contributed by atoms with Gasteiger partial charge in [-0.05, 0) is 19.4 Å². The van der Waals surface area contributed by atoms with E-state index in [2.05, 4.69) is 15.9 Å². The first-order valence-corrected chi connectivity index (χ1v) is 4.89. The number of carbonyl (C=O) groups is 1. The van der Waals surface area contributed by atoms with Crippen molar-refractivity contribution in [2.45, 2.75) is 20.3 Å². The number of benzene rings is 1. The molecule has 4 heteroatoms. The molecule has 0 saturated heterocycles. The van der Waals surface area contributed by atoms with Crippen molar-refractivity contribution in [2.75, 3.05) is 0 Å². The molecule has 0 heterocycles. The molecule has 1 rings (SSSR count). The van der Waals surface area contributed by atoms with Crippen molar-refractivity contribution in [2.24, 2.45) is 0 Å². The highest BCUT2D eigenvalue weighted by Gasteiger charge is 2.17. The summed E-state index contributed by atoms with van der Waals surface area (Å²) in [4.78, 5) is 10.3.